The summed E-state index contributed by atoms with van der Waals surface area (Å²) in [4.78, 5) is 15.2. The molecule has 2 aromatic rings. The molecule has 3 rings (SSSR count). The molecular weight excluding hydrogens is 443 g/mol. The lowest BCUT2D eigenvalue weighted by Crippen LogP contribution is -2.46. The van der Waals surface area contributed by atoms with Crippen LogP contribution >= 0.6 is 0 Å². The number of esters is 1. The predicted molar refractivity (Wildman–Crippen MR) is 124 cm³/mol. The van der Waals surface area contributed by atoms with Crippen molar-refractivity contribution in [3.8, 4) is 11.8 Å². The fourth-order valence-electron chi connectivity index (χ4n) is 4.30. The van der Waals surface area contributed by atoms with Gasteiger partial charge in [-0.1, -0.05) is 42.2 Å². The number of carbonyl (C=O) groups is 1. The third kappa shape index (κ3) is 6.85. The monoisotopic (exact) mass is 473 g/mol. The minimum atomic E-state index is -4.42. The number of alkyl halides is 3. The van der Waals surface area contributed by atoms with Gasteiger partial charge in [-0.15, -0.1) is 0 Å². The Labute approximate surface area is 198 Å². The van der Waals surface area contributed by atoms with Crippen molar-refractivity contribution in [2.45, 2.75) is 45.3 Å². The second-order valence-corrected chi connectivity index (χ2v) is 8.62. The molecule has 0 amide bonds. The molecule has 1 saturated heterocycles. The highest BCUT2D eigenvalue weighted by atomic mass is 19.4. The number of ether oxygens (including phenoxy) is 1. The van der Waals surface area contributed by atoms with Gasteiger partial charge in [0.05, 0.1) is 24.2 Å². The molecule has 1 aliphatic heterocycles. The van der Waals surface area contributed by atoms with Crippen molar-refractivity contribution in [1.29, 1.82) is 0 Å². The normalized spacial score (nSPS) is 15.9. The van der Waals surface area contributed by atoms with Gasteiger partial charge in [-0.25, -0.2) is 0 Å². The van der Waals surface area contributed by atoms with Crippen molar-refractivity contribution < 1.29 is 27.8 Å². The van der Waals surface area contributed by atoms with Crippen molar-refractivity contribution in [2.24, 2.45) is 5.41 Å². The van der Waals surface area contributed by atoms with Gasteiger partial charge >= 0.3 is 12.1 Å². The van der Waals surface area contributed by atoms with Crippen LogP contribution in [0.1, 0.15) is 48.4 Å². The summed E-state index contributed by atoms with van der Waals surface area (Å²) in [6, 6.07) is 13.1. The Balaban J connectivity index is 1.68. The van der Waals surface area contributed by atoms with Gasteiger partial charge in [0.2, 0.25) is 0 Å². The third-order valence-electron chi connectivity index (χ3n) is 6.15. The number of carbonyl (C=O) groups excluding carboxylic acids is 1. The zero-order chi connectivity index (χ0) is 24.6. The first-order chi connectivity index (χ1) is 16.3. The molecule has 0 saturated carbocycles. The Morgan fingerprint density at radius 1 is 1.12 bits per heavy atom. The van der Waals surface area contributed by atoms with Crippen LogP contribution in [0.3, 0.4) is 0 Å². The smallest absolute Gasteiger partial charge is 0.416 e. The van der Waals surface area contributed by atoms with Gasteiger partial charge in [0.1, 0.15) is 0 Å². The summed E-state index contributed by atoms with van der Waals surface area (Å²) in [6.07, 6.45) is -2.71. The van der Waals surface area contributed by atoms with Crippen LogP contribution in [-0.2, 0) is 28.7 Å². The number of benzene rings is 2. The van der Waals surface area contributed by atoms with Crippen molar-refractivity contribution in [1.82, 2.24) is 4.90 Å². The first-order valence-electron chi connectivity index (χ1n) is 11.5. The van der Waals surface area contributed by atoms with Crippen molar-refractivity contribution in [3.05, 3.63) is 70.8 Å². The zero-order valence-electron chi connectivity index (χ0n) is 19.3. The first-order valence-corrected chi connectivity index (χ1v) is 11.5. The maximum Gasteiger partial charge on any atom is 0.416 e. The number of rotatable bonds is 7. The van der Waals surface area contributed by atoms with Crippen molar-refractivity contribution in [3.63, 3.8) is 0 Å². The second kappa shape index (κ2) is 11.5. The van der Waals surface area contributed by atoms with E-state index in [2.05, 4.69) is 16.7 Å². The summed E-state index contributed by atoms with van der Waals surface area (Å²) < 4.78 is 44.9. The Kier molecular flexibility index (Phi) is 8.76. The molecule has 0 aromatic heterocycles. The third-order valence-corrected chi connectivity index (χ3v) is 6.15. The molecule has 2 aromatic carbocycles. The van der Waals surface area contributed by atoms with Crippen LogP contribution in [0.25, 0.3) is 0 Å². The van der Waals surface area contributed by atoms with Crippen LogP contribution in [0, 0.1) is 17.3 Å². The Morgan fingerprint density at radius 2 is 1.82 bits per heavy atom. The molecule has 1 heterocycles. The van der Waals surface area contributed by atoms with Crippen LogP contribution in [0.2, 0.25) is 0 Å². The van der Waals surface area contributed by atoms with Gasteiger partial charge in [0.15, 0.2) is 0 Å². The lowest BCUT2D eigenvalue weighted by atomic mass is 9.73. The summed E-state index contributed by atoms with van der Waals surface area (Å²) in [5.74, 6) is 5.56. The minimum Gasteiger partial charge on any atom is -0.466 e. The molecule has 34 heavy (non-hydrogen) atoms. The Morgan fingerprint density at radius 3 is 2.44 bits per heavy atom. The van der Waals surface area contributed by atoms with Gasteiger partial charge in [0.25, 0.3) is 0 Å². The highest BCUT2D eigenvalue weighted by molar-refractivity contribution is 5.77. The highest BCUT2D eigenvalue weighted by Crippen LogP contribution is 2.38. The van der Waals surface area contributed by atoms with E-state index in [1.54, 1.807) is 13.0 Å². The number of piperidine rings is 1. The number of nitrogens with zero attached hydrogens (tertiary/aromatic N) is 1. The number of aliphatic hydroxyl groups is 1. The fourth-order valence-corrected chi connectivity index (χ4v) is 4.30. The molecule has 182 valence electrons. The van der Waals surface area contributed by atoms with E-state index in [4.69, 9.17) is 9.84 Å². The molecule has 1 fully saturated rings. The number of hydrogen-bond donors (Lipinski definition) is 1. The number of halogens is 3. The minimum absolute atomic E-state index is 0.0428. The van der Waals surface area contributed by atoms with Crippen LogP contribution in [0.4, 0.5) is 13.2 Å². The summed E-state index contributed by atoms with van der Waals surface area (Å²) in [5, 5.41) is 8.82. The predicted octanol–water partition coefficient (Wildman–Crippen LogP) is 4.83. The van der Waals surface area contributed by atoms with E-state index in [-0.39, 0.29) is 25.6 Å². The summed E-state index contributed by atoms with van der Waals surface area (Å²) >= 11 is 0. The zero-order valence-corrected chi connectivity index (χ0v) is 19.3. The average molecular weight is 474 g/mol. The van der Waals surface area contributed by atoms with E-state index in [0.29, 0.717) is 44.5 Å². The quantitative estimate of drug-likeness (QED) is 0.463. The number of hydrogen-bond acceptors (Lipinski definition) is 4. The van der Waals surface area contributed by atoms with Crippen LogP contribution in [-0.4, -0.2) is 42.3 Å². The van der Waals surface area contributed by atoms with Crippen LogP contribution in [0.5, 0.6) is 0 Å². The lowest BCUT2D eigenvalue weighted by Gasteiger charge is -2.40. The SMILES string of the molecule is CCOC(=O)C1(Cc2cccc(C(F)(F)F)c2)CCN(Cc2ccc(C#CCCO)cc2)CC1. The van der Waals surface area contributed by atoms with E-state index in [1.807, 2.05) is 24.3 Å². The number of aliphatic hydroxyl groups excluding tert-OH is 1. The van der Waals surface area contributed by atoms with E-state index >= 15 is 0 Å². The number of likely N-dealkylation sites (tertiary alicyclic amines) is 1. The maximum absolute atomic E-state index is 13.2. The van der Waals surface area contributed by atoms with E-state index in [9.17, 15) is 18.0 Å². The van der Waals surface area contributed by atoms with E-state index < -0.39 is 17.2 Å². The lowest BCUT2D eigenvalue weighted by molar-refractivity contribution is -0.158. The highest BCUT2D eigenvalue weighted by Gasteiger charge is 2.43. The summed E-state index contributed by atoms with van der Waals surface area (Å²) in [5.41, 5.74) is 0.968. The van der Waals surface area contributed by atoms with E-state index in [0.717, 1.165) is 23.3 Å². The second-order valence-electron chi connectivity index (χ2n) is 8.62. The molecule has 0 radical (unpaired) electrons. The van der Waals surface area contributed by atoms with Crippen LogP contribution < -0.4 is 0 Å². The maximum atomic E-state index is 13.2. The molecule has 0 bridgehead atoms. The fraction of sp³-hybridized carbons (Fsp3) is 0.444. The molecule has 7 heteroatoms. The first kappa shape index (κ1) is 25.8. The molecule has 0 unspecified atom stereocenters. The average Bonchev–Trinajstić information content (AvgIpc) is 2.81. The Bertz CT molecular complexity index is 1010. The van der Waals surface area contributed by atoms with Crippen LogP contribution in [0.15, 0.2) is 48.5 Å². The van der Waals surface area contributed by atoms with Gasteiger partial charge in [0, 0.05) is 18.5 Å². The molecule has 1 aliphatic rings. The largest absolute Gasteiger partial charge is 0.466 e. The summed E-state index contributed by atoms with van der Waals surface area (Å²) in [7, 11) is 0. The standard InChI is InChI=1S/C27H30F3NO3/c1-2-34-25(33)26(19-23-7-5-8-24(18-23)27(28,29)30)13-15-31(16-14-26)20-22-11-9-21(10-12-22)6-3-4-17-32/h5,7-12,18,32H,2,4,13-17,19-20H2,1H3. The van der Waals surface area contributed by atoms with Crippen molar-refractivity contribution >= 4 is 5.97 Å². The molecule has 0 atom stereocenters. The Hall–Kier alpha value is -2.82. The van der Waals surface area contributed by atoms with Crippen molar-refractivity contribution in [2.75, 3.05) is 26.3 Å². The van der Waals surface area contributed by atoms with Gasteiger partial charge in [-0.3, -0.25) is 9.69 Å². The van der Waals surface area contributed by atoms with Gasteiger partial charge in [-0.05, 0) is 68.6 Å². The molecule has 0 aliphatic carbocycles. The van der Waals surface area contributed by atoms with Gasteiger partial charge in [-0.2, -0.15) is 13.2 Å². The molecule has 0 spiro atoms. The topological polar surface area (TPSA) is 49.8 Å². The molecule has 1 N–H and O–H groups in total. The summed E-state index contributed by atoms with van der Waals surface area (Å²) in [6.45, 7) is 4.03. The molecular formula is C27H30F3NO3. The van der Waals surface area contributed by atoms with E-state index in [1.165, 1.54) is 6.07 Å². The molecule has 4 nitrogen and oxygen atoms in total. The van der Waals surface area contributed by atoms with Gasteiger partial charge < -0.3 is 9.84 Å².